The van der Waals surface area contributed by atoms with Crippen molar-refractivity contribution in [3.05, 3.63) is 0 Å². The molecule has 0 aliphatic carbocycles. The first-order valence-corrected chi connectivity index (χ1v) is 5.67. The van der Waals surface area contributed by atoms with Crippen LogP contribution in [0.25, 0.3) is 0 Å². The fraction of sp³-hybridized carbons (Fsp3) is 1.00. The molecule has 0 aromatic carbocycles. The summed E-state index contributed by atoms with van der Waals surface area (Å²) in [4.78, 5) is 0. The highest BCUT2D eigenvalue weighted by molar-refractivity contribution is 4.71. The summed E-state index contributed by atoms with van der Waals surface area (Å²) < 4.78 is 15.4. The van der Waals surface area contributed by atoms with E-state index < -0.39 is 0 Å². The van der Waals surface area contributed by atoms with Crippen molar-refractivity contribution in [2.24, 2.45) is 5.92 Å². The summed E-state index contributed by atoms with van der Waals surface area (Å²) in [5, 5.41) is 9.86. The van der Waals surface area contributed by atoms with E-state index in [1.807, 2.05) is 0 Å². The lowest BCUT2D eigenvalue weighted by atomic mass is 9.92. The molecule has 15 heavy (non-hydrogen) atoms. The van der Waals surface area contributed by atoms with E-state index in [0.29, 0.717) is 32.2 Å². The summed E-state index contributed by atoms with van der Waals surface area (Å²) in [5.74, 6) is 0.393. The molecule has 0 aromatic rings. The normalized spacial score (nSPS) is 20.4. The van der Waals surface area contributed by atoms with Crippen LogP contribution < -0.4 is 0 Å². The number of ether oxygens (including phenoxy) is 3. The van der Waals surface area contributed by atoms with Crippen LogP contribution in [0.2, 0.25) is 0 Å². The fourth-order valence-corrected chi connectivity index (χ4v) is 1.78. The third-order valence-electron chi connectivity index (χ3n) is 2.80. The molecule has 1 unspecified atom stereocenters. The molecule has 4 nitrogen and oxygen atoms in total. The van der Waals surface area contributed by atoms with Gasteiger partial charge in [0, 0.05) is 26.9 Å². The van der Waals surface area contributed by atoms with E-state index >= 15 is 0 Å². The van der Waals surface area contributed by atoms with Crippen LogP contribution in [0.4, 0.5) is 0 Å². The molecule has 1 saturated heterocycles. The van der Waals surface area contributed by atoms with Gasteiger partial charge in [-0.15, -0.1) is 0 Å². The molecule has 4 heteroatoms. The molecule has 1 aliphatic rings. The first kappa shape index (κ1) is 12.9. The van der Waals surface area contributed by atoms with E-state index in [2.05, 4.69) is 0 Å². The lowest BCUT2D eigenvalue weighted by Crippen LogP contribution is -2.28. The topological polar surface area (TPSA) is 47.9 Å². The molecule has 1 N–H and O–H groups in total. The van der Waals surface area contributed by atoms with Crippen molar-refractivity contribution in [1.82, 2.24) is 0 Å². The van der Waals surface area contributed by atoms with Crippen molar-refractivity contribution in [1.29, 1.82) is 0 Å². The van der Waals surface area contributed by atoms with Crippen LogP contribution in [0.5, 0.6) is 0 Å². The maximum Gasteiger partial charge on any atom is 0.0700 e. The van der Waals surface area contributed by atoms with Crippen LogP contribution in [0.1, 0.15) is 19.3 Å². The summed E-state index contributed by atoms with van der Waals surface area (Å²) >= 11 is 0. The van der Waals surface area contributed by atoms with E-state index in [-0.39, 0.29) is 6.10 Å². The molecule has 0 radical (unpaired) electrons. The van der Waals surface area contributed by atoms with Crippen LogP contribution in [-0.2, 0) is 14.2 Å². The third kappa shape index (κ3) is 5.47. The van der Waals surface area contributed by atoms with Gasteiger partial charge in [0.05, 0.1) is 19.3 Å². The Morgan fingerprint density at radius 3 is 2.67 bits per heavy atom. The number of aliphatic hydroxyl groups is 1. The average molecular weight is 218 g/mol. The highest BCUT2D eigenvalue weighted by Gasteiger charge is 2.21. The lowest BCUT2D eigenvalue weighted by Gasteiger charge is -2.26. The lowest BCUT2D eigenvalue weighted by molar-refractivity contribution is -0.0115. The zero-order valence-corrected chi connectivity index (χ0v) is 9.48. The first-order chi connectivity index (χ1) is 7.34. The molecular weight excluding hydrogens is 196 g/mol. The molecule has 1 rings (SSSR count). The van der Waals surface area contributed by atoms with Gasteiger partial charge in [0.25, 0.3) is 0 Å². The molecule has 0 saturated carbocycles. The summed E-state index contributed by atoms with van der Waals surface area (Å²) in [5.41, 5.74) is 0. The van der Waals surface area contributed by atoms with Gasteiger partial charge in [0.15, 0.2) is 0 Å². The maximum absolute atomic E-state index is 9.86. The highest BCUT2D eigenvalue weighted by Crippen LogP contribution is 2.20. The Morgan fingerprint density at radius 1 is 1.27 bits per heavy atom. The van der Waals surface area contributed by atoms with Gasteiger partial charge < -0.3 is 19.3 Å². The molecule has 0 bridgehead atoms. The number of hydrogen-bond acceptors (Lipinski definition) is 4. The third-order valence-corrected chi connectivity index (χ3v) is 2.80. The minimum atomic E-state index is -0.239. The standard InChI is InChI=1S/C11H22O4/c1-13-8-9-15-7-4-11(12)10-2-5-14-6-3-10/h10-12H,2-9H2,1H3. The van der Waals surface area contributed by atoms with Crippen molar-refractivity contribution in [2.75, 3.05) is 40.1 Å². The summed E-state index contributed by atoms with van der Waals surface area (Å²) in [7, 11) is 1.65. The number of aliphatic hydroxyl groups excluding tert-OH is 1. The first-order valence-electron chi connectivity index (χ1n) is 5.67. The molecule has 1 heterocycles. The van der Waals surface area contributed by atoms with Crippen molar-refractivity contribution in [2.45, 2.75) is 25.4 Å². The Hall–Kier alpha value is -0.160. The molecule has 1 fully saturated rings. The SMILES string of the molecule is COCCOCCC(O)C1CCOCC1. The van der Waals surface area contributed by atoms with Gasteiger partial charge in [-0.05, 0) is 25.2 Å². The predicted octanol–water partition coefficient (Wildman–Crippen LogP) is 0.827. The maximum atomic E-state index is 9.86. The summed E-state index contributed by atoms with van der Waals surface area (Å²) in [6, 6.07) is 0. The second-order valence-corrected chi connectivity index (χ2v) is 3.91. The van der Waals surface area contributed by atoms with Crippen molar-refractivity contribution in [3.63, 3.8) is 0 Å². The number of methoxy groups -OCH3 is 1. The molecule has 90 valence electrons. The zero-order valence-electron chi connectivity index (χ0n) is 9.48. The van der Waals surface area contributed by atoms with Gasteiger partial charge in [-0.3, -0.25) is 0 Å². The van der Waals surface area contributed by atoms with Crippen molar-refractivity contribution >= 4 is 0 Å². The number of rotatable bonds is 7. The van der Waals surface area contributed by atoms with E-state index in [9.17, 15) is 5.11 Å². The largest absolute Gasteiger partial charge is 0.393 e. The Bertz CT molecular complexity index is 146. The monoisotopic (exact) mass is 218 g/mol. The average Bonchev–Trinajstić information content (AvgIpc) is 2.30. The fourth-order valence-electron chi connectivity index (χ4n) is 1.78. The second-order valence-electron chi connectivity index (χ2n) is 3.91. The zero-order chi connectivity index (χ0) is 10.9. The van der Waals surface area contributed by atoms with E-state index in [0.717, 1.165) is 26.1 Å². The smallest absolute Gasteiger partial charge is 0.0700 e. The van der Waals surface area contributed by atoms with Crippen molar-refractivity contribution < 1.29 is 19.3 Å². The molecule has 1 atom stereocenters. The van der Waals surface area contributed by atoms with Gasteiger partial charge in [-0.25, -0.2) is 0 Å². The molecule has 0 spiro atoms. The Morgan fingerprint density at radius 2 is 2.00 bits per heavy atom. The summed E-state index contributed by atoms with van der Waals surface area (Å²) in [6.45, 7) is 3.41. The minimum absolute atomic E-state index is 0.239. The Labute approximate surface area is 91.5 Å². The molecule has 1 aliphatic heterocycles. The van der Waals surface area contributed by atoms with E-state index in [4.69, 9.17) is 14.2 Å². The van der Waals surface area contributed by atoms with Crippen LogP contribution in [0, 0.1) is 5.92 Å². The van der Waals surface area contributed by atoms with Crippen LogP contribution >= 0.6 is 0 Å². The van der Waals surface area contributed by atoms with Gasteiger partial charge in [-0.1, -0.05) is 0 Å². The predicted molar refractivity (Wildman–Crippen MR) is 56.9 cm³/mol. The molecule has 0 aromatic heterocycles. The van der Waals surface area contributed by atoms with Crippen LogP contribution in [-0.4, -0.2) is 51.4 Å². The quantitative estimate of drug-likeness (QED) is 0.643. The highest BCUT2D eigenvalue weighted by atomic mass is 16.5. The minimum Gasteiger partial charge on any atom is -0.393 e. The van der Waals surface area contributed by atoms with Gasteiger partial charge in [0.2, 0.25) is 0 Å². The van der Waals surface area contributed by atoms with E-state index in [1.165, 1.54) is 0 Å². The van der Waals surface area contributed by atoms with E-state index in [1.54, 1.807) is 7.11 Å². The van der Waals surface area contributed by atoms with Gasteiger partial charge in [0.1, 0.15) is 0 Å². The van der Waals surface area contributed by atoms with Crippen molar-refractivity contribution in [3.8, 4) is 0 Å². The molecular formula is C11H22O4. The van der Waals surface area contributed by atoms with Crippen LogP contribution in [0.15, 0.2) is 0 Å². The van der Waals surface area contributed by atoms with Gasteiger partial charge in [-0.2, -0.15) is 0 Å². The second kappa shape index (κ2) is 8.05. The van der Waals surface area contributed by atoms with Gasteiger partial charge >= 0.3 is 0 Å². The summed E-state index contributed by atoms with van der Waals surface area (Å²) in [6.07, 6.45) is 2.42. The van der Waals surface area contributed by atoms with Crippen LogP contribution in [0.3, 0.4) is 0 Å². The Balaban J connectivity index is 1.99. The molecule has 0 amide bonds. The number of hydrogen-bond donors (Lipinski definition) is 1. The Kier molecular flexibility index (Phi) is 6.92.